The van der Waals surface area contributed by atoms with E-state index in [1.54, 1.807) is 11.8 Å². The maximum atomic E-state index is 10.4. The van der Waals surface area contributed by atoms with Gasteiger partial charge in [0.2, 0.25) is 0 Å². The molecule has 2 aromatic rings. The van der Waals surface area contributed by atoms with Gasteiger partial charge in [0.05, 0.1) is 0 Å². The van der Waals surface area contributed by atoms with Crippen molar-refractivity contribution in [3.8, 4) is 0 Å². The lowest BCUT2D eigenvalue weighted by atomic mass is 10.1. The third kappa shape index (κ3) is 3.77. The number of unbranched alkanes of at least 4 members (excludes halogenated alkanes) is 1. The molecule has 0 aliphatic carbocycles. The van der Waals surface area contributed by atoms with Gasteiger partial charge in [0.1, 0.15) is 0 Å². The monoisotopic (exact) mass is 260 g/mol. The lowest BCUT2D eigenvalue weighted by Gasteiger charge is -2.03. The molecule has 0 fully saturated rings. The van der Waals surface area contributed by atoms with Gasteiger partial charge in [0.15, 0.2) is 0 Å². The summed E-state index contributed by atoms with van der Waals surface area (Å²) in [5, 5.41) is 11.1. The van der Waals surface area contributed by atoms with Crippen LogP contribution in [0.25, 0.3) is 10.8 Å². The number of carboxylic acid groups (broad SMARTS) is 1. The first-order valence-electron chi connectivity index (χ1n) is 6.09. The van der Waals surface area contributed by atoms with Crippen molar-refractivity contribution in [2.45, 2.75) is 24.2 Å². The average Bonchev–Trinajstić information content (AvgIpc) is 2.38. The molecule has 0 aromatic heterocycles. The van der Waals surface area contributed by atoms with E-state index in [-0.39, 0.29) is 6.42 Å². The SMILES string of the molecule is O=C(O)CCCCSc1ccc2ccccc2c1. The molecule has 2 nitrogen and oxygen atoms in total. The highest BCUT2D eigenvalue weighted by atomic mass is 32.2. The number of rotatable bonds is 6. The Hall–Kier alpha value is -1.48. The molecular formula is C15H16O2S. The van der Waals surface area contributed by atoms with E-state index in [1.165, 1.54) is 15.7 Å². The summed E-state index contributed by atoms with van der Waals surface area (Å²) in [6.45, 7) is 0. The Morgan fingerprint density at radius 2 is 1.83 bits per heavy atom. The number of thioether (sulfide) groups is 1. The van der Waals surface area contributed by atoms with Gasteiger partial charge in [-0.15, -0.1) is 11.8 Å². The number of carboxylic acids is 1. The van der Waals surface area contributed by atoms with Gasteiger partial charge in [-0.2, -0.15) is 0 Å². The molecule has 3 heteroatoms. The molecule has 0 aliphatic heterocycles. The summed E-state index contributed by atoms with van der Waals surface area (Å²) in [4.78, 5) is 11.6. The summed E-state index contributed by atoms with van der Waals surface area (Å²) in [5.41, 5.74) is 0. The Kier molecular flexibility index (Phi) is 4.65. The lowest BCUT2D eigenvalue weighted by Crippen LogP contribution is -1.94. The average molecular weight is 260 g/mol. The highest BCUT2D eigenvalue weighted by Crippen LogP contribution is 2.24. The molecule has 0 unspecified atom stereocenters. The minimum atomic E-state index is -0.703. The van der Waals surface area contributed by atoms with Crippen LogP contribution < -0.4 is 0 Å². The molecule has 0 bridgehead atoms. The second kappa shape index (κ2) is 6.45. The first-order valence-corrected chi connectivity index (χ1v) is 7.08. The quantitative estimate of drug-likeness (QED) is 0.625. The molecule has 0 saturated carbocycles. The van der Waals surface area contributed by atoms with Gasteiger partial charge >= 0.3 is 5.97 Å². The zero-order valence-corrected chi connectivity index (χ0v) is 11.0. The Morgan fingerprint density at radius 3 is 2.61 bits per heavy atom. The fourth-order valence-electron chi connectivity index (χ4n) is 1.83. The van der Waals surface area contributed by atoms with Gasteiger partial charge in [-0.25, -0.2) is 0 Å². The molecule has 0 radical (unpaired) electrons. The first-order chi connectivity index (χ1) is 8.75. The summed E-state index contributed by atoms with van der Waals surface area (Å²) in [5.74, 6) is 0.275. The number of benzene rings is 2. The molecule has 18 heavy (non-hydrogen) atoms. The fourth-order valence-corrected chi connectivity index (χ4v) is 2.78. The van der Waals surface area contributed by atoms with E-state index in [1.807, 2.05) is 12.1 Å². The molecule has 0 spiro atoms. The number of carbonyl (C=O) groups is 1. The summed E-state index contributed by atoms with van der Waals surface area (Å²) in [6, 6.07) is 14.8. The molecular weight excluding hydrogens is 244 g/mol. The van der Waals surface area contributed by atoms with Crippen molar-refractivity contribution < 1.29 is 9.90 Å². The largest absolute Gasteiger partial charge is 0.481 e. The van der Waals surface area contributed by atoms with Gasteiger partial charge in [0.25, 0.3) is 0 Å². The third-order valence-corrected chi connectivity index (χ3v) is 3.85. The van der Waals surface area contributed by atoms with Crippen molar-refractivity contribution in [1.82, 2.24) is 0 Å². The number of hydrogen-bond donors (Lipinski definition) is 1. The molecule has 1 N–H and O–H groups in total. The van der Waals surface area contributed by atoms with E-state index in [0.717, 1.165) is 18.6 Å². The predicted molar refractivity (Wildman–Crippen MR) is 76.2 cm³/mol. The maximum Gasteiger partial charge on any atom is 0.303 e. The van der Waals surface area contributed by atoms with E-state index in [4.69, 9.17) is 5.11 Å². The molecule has 2 aromatic carbocycles. The molecule has 94 valence electrons. The second-order valence-corrected chi connectivity index (χ2v) is 5.38. The molecule has 0 atom stereocenters. The van der Waals surface area contributed by atoms with Crippen molar-refractivity contribution in [3.63, 3.8) is 0 Å². The highest BCUT2D eigenvalue weighted by Gasteiger charge is 1.99. The van der Waals surface area contributed by atoms with Crippen LogP contribution in [0.1, 0.15) is 19.3 Å². The second-order valence-electron chi connectivity index (χ2n) is 4.21. The van der Waals surface area contributed by atoms with E-state index in [2.05, 4.69) is 30.3 Å². The Morgan fingerprint density at radius 1 is 1.06 bits per heavy atom. The molecule has 0 saturated heterocycles. The summed E-state index contributed by atoms with van der Waals surface area (Å²) >= 11 is 1.79. The minimum absolute atomic E-state index is 0.276. The van der Waals surface area contributed by atoms with Gasteiger partial charge in [-0.1, -0.05) is 30.3 Å². The Balaban J connectivity index is 1.86. The van der Waals surface area contributed by atoms with Crippen LogP contribution in [-0.2, 0) is 4.79 Å². The topological polar surface area (TPSA) is 37.3 Å². The Labute approximate surface area is 111 Å². The van der Waals surface area contributed by atoms with Crippen molar-refractivity contribution in [2.75, 3.05) is 5.75 Å². The van der Waals surface area contributed by atoms with Crippen LogP contribution in [0.2, 0.25) is 0 Å². The zero-order chi connectivity index (χ0) is 12.8. The minimum Gasteiger partial charge on any atom is -0.481 e. The van der Waals surface area contributed by atoms with E-state index in [0.29, 0.717) is 0 Å². The molecule has 0 aliphatic rings. The summed E-state index contributed by atoms with van der Waals surface area (Å²) < 4.78 is 0. The number of aliphatic carboxylic acids is 1. The molecule has 0 heterocycles. The zero-order valence-electron chi connectivity index (χ0n) is 10.1. The van der Waals surface area contributed by atoms with Crippen molar-refractivity contribution >= 4 is 28.5 Å². The van der Waals surface area contributed by atoms with Gasteiger partial charge < -0.3 is 5.11 Å². The van der Waals surface area contributed by atoms with Crippen molar-refractivity contribution in [2.24, 2.45) is 0 Å². The highest BCUT2D eigenvalue weighted by molar-refractivity contribution is 7.99. The third-order valence-electron chi connectivity index (χ3n) is 2.77. The van der Waals surface area contributed by atoms with Gasteiger partial charge in [-0.3, -0.25) is 4.79 Å². The van der Waals surface area contributed by atoms with Crippen LogP contribution in [-0.4, -0.2) is 16.8 Å². The van der Waals surface area contributed by atoms with Gasteiger partial charge in [0, 0.05) is 11.3 Å². The number of fused-ring (bicyclic) bond motifs is 1. The molecule has 2 rings (SSSR count). The van der Waals surface area contributed by atoms with Crippen molar-refractivity contribution in [3.05, 3.63) is 42.5 Å². The Bertz CT molecular complexity index is 537. The van der Waals surface area contributed by atoms with Crippen LogP contribution in [0, 0.1) is 0 Å². The molecule has 0 amide bonds. The van der Waals surface area contributed by atoms with E-state index < -0.39 is 5.97 Å². The van der Waals surface area contributed by atoms with Gasteiger partial charge in [-0.05, 0) is 41.5 Å². The van der Waals surface area contributed by atoms with Crippen LogP contribution in [0.5, 0.6) is 0 Å². The number of hydrogen-bond acceptors (Lipinski definition) is 2. The van der Waals surface area contributed by atoms with Crippen LogP contribution >= 0.6 is 11.8 Å². The predicted octanol–water partition coefficient (Wildman–Crippen LogP) is 4.19. The van der Waals surface area contributed by atoms with Crippen LogP contribution in [0.3, 0.4) is 0 Å². The summed E-state index contributed by atoms with van der Waals surface area (Å²) in [6.07, 6.45) is 1.98. The van der Waals surface area contributed by atoms with E-state index >= 15 is 0 Å². The van der Waals surface area contributed by atoms with Crippen LogP contribution in [0.15, 0.2) is 47.4 Å². The summed E-state index contributed by atoms with van der Waals surface area (Å²) in [7, 11) is 0. The first kappa shape index (κ1) is 13.0. The normalized spacial score (nSPS) is 10.7. The lowest BCUT2D eigenvalue weighted by molar-refractivity contribution is -0.137. The standard InChI is InChI=1S/C15H16O2S/c16-15(17)7-3-4-10-18-14-9-8-12-5-1-2-6-13(12)11-14/h1-2,5-6,8-9,11H,3-4,7,10H2,(H,16,17). The maximum absolute atomic E-state index is 10.4. The fraction of sp³-hybridized carbons (Fsp3) is 0.267. The van der Waals surface area contributed by atoms with Crippen molar-refractivity contribution in [1.29, 1.82) is 0 Å². The van der Waals surface area contributed by atoms with E-state index in [9.17, 15) is 4.79 Å². The smallest absolute Gasteiger partial charge is 0.303 e. The van der Waals surface area contributed by atoms with Crippen LogP contribution in [0.4, 0.5) is 0 Å².